The summed E-state index contributed by atoms with van der Waals surface area (Å²) in [4.78, 5) is 1.66. The van der Waals surface area contributed by atoms with Crippen LogP contribution in [0.3, 0.4) is 0 Å². The average Bonchev–Trinajstić information content (AvgIpc) is 2.78. The van der Waals surface area contributed by atoms with Crippen LogP contribution in [0, 0.1) is 0 Å². The van der Waals surface area contributed by atoms with Gasteiger partial charge in [0.2, 0.25) is 0 Å². The summed E-state index contributed by atoms with van der Waals surface area (Å²) in [6.07, 6.45) is 0. The van der Waals surface area contributed by atoms with Crippen molar-refractivity contribution >= 4 is 15.9 Å². The predicted octanol–water partition coefficient (Wildman–Crippen LogP) is 5.46. The molecule has 0 radical (unpaired) electrons. The molecule has 3 aromatic carbocycles. The molecule has 1 aliphatic heterocycles. The van der Waals surface area contributed by atoms with Gasteiger partial charge in [0.15, 0.2) is 23.0 Å². The number of methoxy groups -OCH3 is 2. The molecule has 0 fully saturated rings. The largest absolute Gasteiger partial charge is 0.508 e. The summed E-state index contributed by atoms with van der Waals surface area (Å²) < 4.78 is 22.6. The van der Waals surface area contributed by atoms with Crippen LogP contribution in [0.2, 0.25) is 0 Å². The van der Waals surface area contributed by atoms with Gasteiger partial charge in [-0.1, -0.05) is 34.1 Å². The van der Waals surface area contributed by atoms with Crippen molar-refractivity contribution in [3.8, 4) is 56.8 Å². The zero-order valence-electron chi connectivity index (χ0n) is 16.3. The van der Waals surface area contributed by atoms with Gasteiger partial charge in [-0.25, -0.2) is 0 Å². The summed E-state index contributed by atoms with van der Waals surface area (Å²) >= 11 is 3.25. The van der Waals surface area contributed by atoms with Crippen molar-refractivity contribution in [2.75, 3.05) is 20.8 Å². The standard InChI is InChI=1S/C23H19BrO6/c1-27-20-10-17(13-3-6-15(25)7-4-13)23(28-2)22(26)21(20)14-5-8-18-19(9-14)30-16(11-24)12-29-18/h3-11,25-26H,12H2,1-2H3/b16-11+. The van der Waals surface area contributed by atoms with Gasteiger partial charge in [0.05, 0.1) is 19.8 Å². The Hall–Kier alpha value is -3.32. The lowest BCUT2D eigenvalue weighted by Crippen LogP contribution is -2.13. The second-order valence-corrected chi connectivity index (χ2v) is 7.02. The molecular weight excluding hydrogens is 452 g/mol. The van der Waals surface area contributed by atoms with Gasteiger partial charge in [0, 0.05) is 10.5 Å². The fourth-order valence-electron chi connectivity index (χ4n) is 3.36. The molecule has 0 spiro atoms. The molecule has 0 atom stereocenters. The molecule has 0 aromatic heterocycles. The molecule has 0 saturated carbocycles. The van der Waals surface area contributed by atoms with Gasteiger partial charge in [0.1, 0.15) is 23.9 Å². The summed E-state index contributed by atoms with van der Waals surface area (Å²) in [7, 11) is 3.03. The molecule has 154 valence electrons. The van der Waals surface area contributed by atoms with Gasteiger partial charge < -0.3 is 29.2 Å². The molecule has 2 N–H and O–H groups in total. The minimum atomic E-state index is -0.0622. The summed E-state index contributed by atoms with van der Waals surface area (Å²) in [5.41, 5.74) is 2.55. The Morgan fingerprint density at radius 3 is 2.33 bits per heavy atom. The molecule has 0 amide bonds. The van der Waals surface area contributed by atoms with E-state index in [2.05, 4.69) is 15.9 Å². The van der Waals surface area contributed by atoms with Gasteiger partial charge in [-0.3, -0.25) is 0 Å². The first-order valence-electron chi connectivity index (χ1n) is 9.07. The number of hydrogen-bond acceptors (Lipinski definition) is 6. The quantitative estimate of drug-likeness (QED) is 0.527. The van der Waals surface area contributed by atoms with Crippen molar-refractivity contribution in [1.82, 2.24) is 0 Å². The molecule has 1 heterocycles. The van der Waals surface area contributed by atoms with Crippen molar-refractivity contribution in [2.24, 2.45) is 0 Å². The van der Waals surface area contributed by atoms with Crippen LogP contribution in [0.15, 0.2) is 59.3 Å². The maximum atomic E-state index is 11.1. The maximum Gasteiger partial charge on any atom is 0.170 e. The molecule has 0 saturated heterocycles. The average molecular weight is 471 g/mol. The highest BCUT2D eigenvalue weighted by molar-refractivity contribution is 9.11. The van der Waals surface area contributed by atoms with E-state index in [1.54, 1.807) is 47.4 Å². The van der Waals surface area contributed by atoms with E-state index < -0.39 is 0 Å². The Morgan fingerprint density at radius 1 is 0.933 bits per heavy atom. The van der Waals surface area contributed by atoms with E-state index in [4.69, 9.17) is 18.9 Å². The first-order chi connectivity index (χ1) is 14.5. The zero-order chi connectivity index (χ0) is 21.3. The van der Waals surface area contributed by atoms with Crippen molar-refractivity contribution in [3.05, 3.63) is 59.3 Å². The lowest BCUT2D eigenvalue weighted by Gasteiger charge is -2.22. The molecule has 4 rings (SSSR count). The Kier molecular flexibility index (Phi) is 5.46. The van der Waals surface area contributed by atoms with Crippen LogP contribution < -0.4 is 18.9 Å². The fraction of sp³-hybridized carbons (Fsp3) is 0.130. The number of hydrogen-bond donors (Lipinski definition) is 2. The number of ether oxygens (including phenoxy) is 4. The van der Waals surface area contributed by atoms with Gasteiger partial charge >= 0.3 is 0 Å². The summed E-state index contributed by atoms with van der Waals surface area (Å²) in [6, 6.07) is 13.8. The number of halogens is 1. The highest BCUT2D eigenvalue weighted by Gasteiger charge is 2.24. The Balaban J connectivity index is 1.88. The summed E-state index contributed by atoms with van der Waals surface area (Å²) in [6.45, 7) is 0.335. The Bertz CT molecular complexity index is 1120. The van der Waals surface area contributed by atoms with Crippen molar-refractivity contribution in [1.29, 1.82) is 0 Å². The van der Waals surface area contributed by atoms with Crippen LogP contribution in [0.1, 0.15) is 0 Å². The SMILES string of the molecule is COc1cc(-c2ccc(O)cc2)c(OC)c(O)c1-c1ccc2c(c1)O/C(=C/Br)CO2. The van der Waals surface area contributed by atoms with Gasteiger partial charge in [-0.15, -0.1) is 0 Å². The molecule has 0 aliphatic carbocycles. The molecule has 3 aromatic rings. The third-order valence-electron chi connectivity index (χ3n) is 4.79. The molecule has 0 bridgehead atoms. The number of phenolic OH excluding ortho intramolecular Hbond substituents is 2. The number of phenols is 2. The van der Waals surface area contributed by atoms with Gasteiger partial charge in [0.25, 0.3) is 0 Å². The predicted molar refractivity (Wildman–Crippen MR) is 117 cm³/mol. The van der Waals surface area contributed by atoms with Gasteiger partial charge in [-0.05, 0) is 41.5 Å². The Labute approximate surface area is 182 Å². The second kappa shape index (κ2) is 8.20. The summed E-state index contributed by atoms with van der Waals surface area (Å²) in [5.74, 6) is 2.63. The minimum Gasteiger partial charge on any atom is -0.508 e. The molecule has 6 nitrogen and oxygen atoms in total. The van der Waals surface area contributed by atoms with E-state index in [0.29, 0.717) is 52.1 Å². The second-order valence-electron chi connectivity index (χ2n) is 6.56. The molecule has 30 heavy (non-hydrogen) atoms. The van der Waals surface area contributed by atoms with Crippen LogP contribution in [-0.4, -0.2) is 31.0 Å². The molecule has 1 aliphatic rings. The van der Waals surface area contributed by atoms with E-state index in [9.17, 15) is 10.2 Å². The number of rotatable bonds is 4. The third kappa shape index (κ3) is 3.52. The zero-order valence-corrected chi connectivity index (χ0v) is 17.9. The number of aromatic hydroxyl groups is 2. The first kappa shape index (κ1) is 20.0. The van der Waals surface area contributed by atoms with E-state index in [-0.39, 0.29) is 11.5 Å². The minimum absolute atomic E-state index is 0.0622. The topological polar surface area (TPSA) is 77.4 Å². The van der Waals surface area contributed by atoms with Crippen molar-refractivity contribution in [3.63, 3.8) is 0 Å². The Morgan fingerprint density at radius 2 is 1.67 bits per heavy atom. The number of benzene rings is 3. The van der Waals surface area contributed by atoms with Crippen LogP contribution >= 0.6 is 15.9 Å². The smallest absolute Gasteiger partial charge is 0.170 e. The maximum absolute atomic E-state index is 11.1. The van der Waals surface area contributed by atoms with Crippen LogP contribution in [0.5, 0.6) is 34.5 Å². The molecule has 0 unspecified atom stereocenters. The monoisotopic (exact) mass is 470 g/mol. The fourth-order valence-corrected chi connectivity index (χ4v) is 3.59. The lowest BCUT2D eigenvalue weighted by atomic mass is 9.96. The lowest BCUT2D eigenvalue weighted by molar-refractivity contribution is 0.233. The van der Waals surface area contributed by atoms with E-state index in [0.717, 1.165) is 5.56 Å². The van der Waals surface area contributed by atoms with Gasteiger partial charge in [-0.2, -0.15) is 0 Å². The highest BCUT2D eigenvalue weighted by atomic mass is 79.9. The third-order valence-corrected chi connectivity index (χ3v) is 5.30. The molecule has 7 heteroatoms. The molecular formula is C23H19BrO6. The van der Waals surface area contributed by atoms with Crippen molar-refractivity contribution in [2.45, 2.75) is 0 Å². The normalized spacial score (nSPS) is 13.9. The highest BCUT2D eigenvalue weighted by Crippen LogP contribution is 2.50. The van der Waals surface area contributed by atoms with E-state index >= 15 is 0 Å². The summed E-state index contributed by atoms with van der Waals surface area (Å²) in [5, 5.41) is 20.7. The van der Waals surface area contributed by atoms with Crippen LogP contribution in [-0.2, 0) is 0 Å². The first-order valence-corrected chi connectivity index (χ1v) is 9.99. The van der Waals surface area contributed by atoms with Crippen LogP contribution in [0.25, 0.3) is 22.3 Å². The number of fused-ring (bicyclic) bond motifs is 1. The van der Waals surface area contributed by atoms with Crippen LogP contribution in [0.4, 0.5) is 0 Å². The van der Waals surface area contributed by atoms with Crippen molar-refractivity contribution < 1.29 is 29.2 Å². The van der Waals surface area contributed by atoms with E-state index in [1.165, 1.54) is 14.2 Å². The van der Waals surface area contributed by atoms with E-state index in [1.807, 2.05) is 6.07 Å².